The van der Waals surface area contributed by atoms with Crippen molar-refractivity contribution in [1.29, 1.82) is 0 Å². The molecule has 0 aromatic carbocycles. The summed E-state index contributed by atoms with van der Waals surface area (Å²) < 4.78 is 0.873. The van der Waals surface area contributed by atoms with E-state index in [4.69, 9.17) is 11.6 Å². The smallest absolute Gasteiger partial charge is 0.0931 e. The minimum absolute atomic E-state index is 0.118. The van der Waals surface area contributed by atoms with Crippen LogP contribution >= 0.6 is 22.9 Å². The number of nitrogens with one attached hydrogen (secondary N) is 1. The first-order valence-corrected chi connectivity index (χ1v) is 7.22. The molecule has 1 atom stereocenters. The quantitative estimate of drug-likeness (QED) is 0.857. The van der Waals surface area contributed by atoms with E-state index in [0.717, 1.165) is 17.3 Å². The molecular weight excluding hydrogens is 252 g/mol. The van der Waals surface area contributed by atoms with Gasteiger partial charge in [-0.15, -0.1) is 11.3 Å². The van der Waals surface area contributed by atoms with Crippen LogP contribution in [-0.4, -0.2) is 37.1 Å². The molecule has 0 bridgehead atoms. The van der Waals surface area contributed by atoms with Crippen LogP contribution in [0.15, 0.2) is 12.1 Å². The van der Waals surface area contributed by atoms with Crippen LogP contribution in [0.25, 0.3) is 0 Å². The van der Waals surface area contributed by atoms with E-state index < -0.39 is 0 Å². The van der Waals surface area contributed by atoms with Gasteiger partial charge in [0.1, 0.15) is 0 Å². The molecule has 98 valence electrons. The molecule has 0 saturated carbocycles. The molecule has 0 aliphatic rings. The number of hydrogen-bond donors (Lipinski definition) is 1. The van der Waals surface area contributed by atoms with Crippen molar-refractivity contribution in [2.24, 2.45) is 0 Å². The van der Waals surface area contributed by atoms with E-state index in [1.54, 1.807) is 11.3 Å². The lowest BCUT2D eigenvalue weighted by Gasteiger charge is -2.40. The van der Waals surface area contributed by atoms with E-state index in [1.807, 2.05) is 6.07 Å². The normalized spacial score (nSPS) is 14.3. The Morgan fingerprint density at radius 2 is 2.06 bits per heavy atom. The highest BCUT2D eigenvalue weighted by atomic mass is 35.5. The highest BCUT2D eigenvalue weighted by Crippen LogP contribution is 2.26. The highest BCUT2D eigenvalue weighted by molar-refractivity contribution is 7.16. The van der Waals surface area contributed by atoms with Crippen molar-refractivity contribution < 1.29 is 0 Å². The molecule has 0 aliphatic carbocycles. The summed E-state index contributed by atoms with van der Waals surface area (Å²) >= 11 is 7.66. The molecule has 1 aromatic heterocycles. The zero-order valence-corrected chi connectivity index (χ0v) is 13.0. The average molecular weight is 275 g/mol. The molecule has 4 heteroatoms. The zero-order valence-electron chi connectivity index (χ0n) is 11.4. The summed E-state index contributed by atoms with van der Waals surface area (Å²) in [5.74, 6) is 0. The minimum atomic E-state index is 0.118. The van der Waals surface area contributed by atoms with E-state index in [-0.39, 0.29) is 5.54 Å². The van der Waals surface area contributed by atoms with Gasteiger partial charge in [0.05, 0.1) is 4.34 Å². The Morgan fingerprint density at radius 1 is 1.41 bits per heavy atom. The highest BCUT2D eigenvalue weighted by Gasteiger charge is 2.31. The summed E-state index contributed by atoms with van der Waals surface area (Å²) in [5, 5.41) is 3.58. The van der Waals surface area contributed by atoms with Crippen LogP contribution in [0.1, 0.15) is 25.6 Å². The van der Waals surface area contributed by atoms with E-state index >= 15 is 0 Å². The molecule has 1 rings (SSSR count). The van der Waals surface area contributed by atoms with Gasteiger partial charge in [-0.05, 0) is 53.0 Å². The van der Waals surface area contributed by atoms with Gasteiger partial charge in [-0.3, -0.25) is 0 Å². The fraction of sp³-hybridized carbons (Fsp3) is 0.692. The van der Waals surface area contributed by atoms with Crippen molar-refractivity contribution in [1.82, 2.24) is 10.2 Å². The summed E-state index contributed by atoms with van der Waals surface area (Å²) in [7, 11) is 4.26. The summed E-state index contributed by atoms with van der Waals surface area (Å²) in [6, 6.07) is 4.54. The second-order valence-electron chi connectivity index (χ2n) is 5.07. The summed E-state index contributed by atoms with van der Waals surface area (Å²) in [6.07, 6.45) is 1.02. The molecule has 0 amide bonds. The molecule has 1 unspecified atom stereocenters. The molecule has 0 saturated heterocycles. The predicted molar refractivity (Wildman–Crippen MR) is 78.3 cm³/mol. The molecule has 1 aromatic rings. The molecule has 0 aliphatic heterocycles. The monoisotopic (exact) mass is 274 g/mol. The van der Waals surface area contributed by atoms with Gasteiger partial charge in [0, 0.05) is 16.5 Å². The second kappa shape index (κ2) is 6.19. The van der Waals surface area contributed by atoms with E-state index in [1.165, 1.54) is 4.88 Å². The molecule has 2 nitrogen and oxygen atoms in total. The lowest BCUT2D eigenvalue weighted by molar-refractivity contribution is 0.138. The van der Waals surface area contributed by atoms with Gasteiger partial charge in [-0.25, -0.2) is 0 Å². The van der Waals surface area contributed by atoms with Crippen molar-refractivity contribution in [3.63, 3.8) is 0 Å². The van der Waals surface area contributed by atoms with Crippen molar-refractivity contribution in [3.8, 4) is 0 Å². The van der Waals surface area contributed by atoms with Gasteiger partial charge in [-0.1, -0.05) is 18.5 Å². The first-order chi connectivity index (χ1) is 7.87. The number of likely N-dealkylation sites (N-methyl/N-ethyl adjacent to an activating group) is 2. The van der Waals surface area contributed by atoms with Crippen molar-refractivity contribution >= 4 is 22.9 Å². The number of hydrogen-bond acceptors (Lipinski definition) is 3. The van der Waals surface area contributed by atoms with Crippen LogP contribution in [0.5, 0.6) is 0 Å². The molecule has 0 radical (unpaired) electrons. The maximum absolute atomic E-state index is 5.99. The Bertz CT molecular complexity index is 347. The minimum Gasteiger partial charge on any atom is -0.312 e. The molecule has 1 N–H and O–H groups in total. The van der Waals surface area contributed by atoms with Gasteiger partial charge in [-0.2, -0.15) is 0 Å². The largest absolute Gasteiger partial charge is 0.312 e. The van der Waals surface area contributed by atoms with Gasteiger partial charge < -0.3 is 10.2 Å². The first kappa shape index (κ1) is 15.0. The summed E-state index contributed by atoms with van der Waals surface area (Å²) in [5.41, 5.74) is 0.118. The fourth-order valence-corrected chi connectivity index (χ4v) is 2.93. The Hall–Kier alpha value is -0.0900. The summed E-state index contributed by atoms with van der Waals surface area (Å²) in [4.78, 5) is 3.62. The first-order valence-electron chi connectivity index (χ1n) is 6.03. The second-order valence-corrected chi connectivity index (χ2v) is 6.87. The Kier molecular flexibility index (Phi) is 5.45. The third kappa shape index (κ3) is 3.95. The van der Waals surface area contributed by atoms with Gasteiger partial charge in [0.25, 0.3) is 0 Å². The average Bonchev–Trinajstić information content (AvgIpc) is 2.63. The number of halogens is 1. The van der Waals surface area contributed by atoms with Gasteiger partial charge in [0.2, 0.25) is 0 Å². The van der Waals surface area contributed by atoms with Crippen LogP contribution in [0.4, 0.5) is 0 Å². The Morgan fingerprint density at radius 3 is 2.47 bits per heavy atom. The van der Waals surface area contributed by atoms with Gasteiger partial charge >= 0.3 is 0 Å². The lowest BCUT2D eigenvalue weighted by Crippen LogP contribution is -2.56. The summed E-state index contributed by atoms with van der Waals surface area (Å²) in [6.45, 7) is 7.69. The number of thiophene rings is 1. The molecular formula is C13H23ClN2S. The Balaban J connectivity index is 2.79. The molecule has 17 heavy (non-hydrogen) atoms. The SMILES string of the molecule is CCNC(Cc1ccc(Cl)s1)C(C)(C)N(C)C. The van der Waals surface area contributed by atoms with Crippen LogP contribution in [0.2, 0.25) is 4.34 Å². The number of nitrogens with zero attached hydrogens (tertiary/aromatic N) is 1. The van der Waals surface area contributed by atoms with E-state index in [9.17, 15) is 0 Å². The predicted octanol–water partition coefficient (Wildman–Crippen LogP) is 3.26. The van der Waals surface area contributed by atoms with Crippen molar-refractivity contribution in [2.75, 3.05) is 20.6 Å². The maximum atomic E-state index is 5.99. The third-order valence-corrected chi connectivity index (χ3v) is 4.74. The standard InChI is InChI=1S/C13H23ClN2S/c1-6-15-11(13(2,3)16(4)5)9-10-7-8-12(14)17-10/h7-8,11,15H,6,9H2,1-5H3. The molecule has 0 fully saturated rings. The van der Waals surface area contributed by atoms with Crippen LogP contribution in [-0.2, 0) is 6.42 Å². The molecule has 0 spiro atoms. The van der Waals surface area contributed by atoms with Crippen molar-refractivity contribution in [2.45, 2.75) is 38.8 Å². The van der Waals surface area contributed by atoms with Gasteiger partial charge in [0.15, 0.2) is 0 Å². The topological polar surface area (TPSA) is 15.3 Å². The van der Waals surface area contributed by atoms with Crippen LogP contribution in [0.3, 0.4) is 0 Å². The maximum Gasteiger partial charge on any atom is 0.0931 e. The fourth-order valence-electron chi connectivity index (χ4n) is 1.79. The van der Waals surface area contributed by atoms with Crippen LogP contribution < -0.4 is 5.32 Å². The zero-order chi connectivity index (χ0) is 13.1. The van der Waals surface area contributed by atoms with E-state index in [0.29, 0.717) is 6.04 Å². The van der Waals surface area contributed by atoms with E-state index in [2.05, 4.69) is 51.1 Å². The Labute approximate surface area is 114 Å². The van der Waals surface area contributed by atoms with Crippen molar-refractivity contribution in [3.05, 3.63) is 21.3 Å². The third-order valence-electron chi connectivity index (χ3n) is 3.49. The lowest BCUT2D eigenvalue weighted by atomic mass is 9.90. The number of rotatable bonds is 6. The van der Waals surface area contributed by atoms with Crippen LogP contribution in [0, 0.1) is 0 Å². The molecule has 1 heterocycles.